The minimum Gasteiger partial charge on any atom is -0.394 e. The predicted octanol–water partition coefficient (Wildman–Crippen LogP) is -7.48. The lowest BCUT2D eigenvalue weighted by atomic mass is 9.64. The van der Waals surface area contributed by atoms with Crippen molar-refractivity contribution in [1.29, 1.82) is 0 Å². The van der Waals surface area contributed by atoms with Crippen LogP contribution >= 0.6 is 0 Å². The molecule has 3 aliphatic heterocycles. The summed E-state index contributed by atoms with van der Waals surface area (Å²) in [7, 11) is 0. The molecule has 13 atom stereocenters. The molecular formula is C17H30O14. The molecule has 3 fully saturated rings. The van der Waals surface area contributed by atoms with E-state index >= 15 is 0 Å². The topological polar surface area (TPSA) is 250 Å². The Morgan fingerprint density at radius 3 is 1.84 bits per heavy atom. The number of hydrogen-bond acceptors (Lipinski definition) is 14. The maximum Gasteiger partial charge on any atom is 0.155 e. The summed E-state index contributed by atoms with van der Waals surface area (Å²) in [6.45, 7) is -3.23. The average molecular weight is 458 g/mol. The summed E-state index contributed by atoms with van der Waals surface area (Å²) in [6, 6.07) is 0. The number of hydrogen-bond donors (Lipinski definition) is 11. The first kappa shape index (κ1) is 25.1. The van der Waals surface area contributed by atoms with Crippen LogP contribution < -0.4 is 0 Å². The first-order valence-electron chi connectivity index (χ1n) is 9.77. The van der Waals surface area contributed by atoms with Crippen molar-refractivity contribution >= 4 is 0 Å². The largest absolute Gasteiger partial charge is 0.394 e. The zero-order valence-corrected chi connectivity index (χ0v) is 16.3. The number of ether oxygens (including phenoxy) is 3. The molecule has 3 heterocycles. The minimum absolute atomic E-state index is 0.588. The van der Waals surface area contributed by atoms with E-state index < -0.39 is 105 Å². The molecule has 3 rings (SSSR count). The fourth-order valence-electron chi connectivity index (χ4n) is 4.55. The molecule has 0 amide bonds. The van der Waals surface area contributed by atoms with Crippen molar-refractivity contribution < 1.29 is 70.4 Å². The Balaban J connectivity index is 2.08. The lowest BCUT2D eigenvalue weighted by Crippen LogP contribution is -2.84. The van der Waals surface area contributed by atoms with Crippen molar-refractivity contribution in [1.82, 2.24) is 0 Å². The van der Waals surface area contributed by atoms with Gasteiger partial charge in [0.2, 0.25) is 0 Å². The standard InChI is InChI=1S/C17H30O14/c18-1-6-9(22)10(23)12(25)15(31-6)17(28)13(26)7(2-19)30-4-16(17,27)14-11(24)8(21)5(20)3-29-14/h5-15,18-28H,1-4H2/t5-,6-,7-,8+,9-,10+,11-,12-,13-,14-,15-,16-,17-/m1/s1. The predicted molar refractivity (Wildman–Crippen MR) is 94.3 cm³/mol. The zero-order chi connectivity index (χ0) is 23.3. The molecule has 0 bridgehead atoms. The molecule has 0 spiro atoms. The second kappa shape index (κ2) is 9.00. The third-order valence-electron chi connectivity index (χ3n) is 6.49. The van der Waals surface area contributed by atoms with Crippen molar-refractivity contribution in [3.63, 3.8) is 0 Å². The van der Waals surface area contributed by atoms with Crippen molar-refractivity contribution in [3.05, 3.63) is 0 Å². The zero-order valence-electron chi connectivity index (χ0n) is 16.3. The van der Waals surface area contributed by atoms with Gasteiger partial charge in [0.15, 0.2) is 11.2 Å². The van der Waals surface area contributed by atoms with Crippen LogP contribution in [0.4, 0.5) is 0 Å². The Morgan fingerprint density at radius 1 is 0.677 bits per heavy atom. The van der Waals surface area contributed by atoms with Crippen molar-refractivity contribution in [2.45, 2.75) is 78.3 Å². The van der Waals surface area contributed by atoms with E-state index in [9.17, 15) is 56.2 Å². The van der Waals surface area contributed by atoms with Gasteiger partial charge in [-0.1, -0.05) is 0 Å². The van der Waals surface area contributed by atoms with E-state index in [1.54, 1.807) is 0 Å². The fourth-order valence-corrected chi connectivity index (χ4v) is 4.55. The molecule has 0 saturated carbocycles. The van der Waals surface area contributed by atoms with Gasteiger partial charge in [-0.25, -0.2) is 0 Å². The SMILES string of the molecule is OC[C@H]1O[C@@H]([C@]2(O)[C@H](O)[C@@H](CO)OC[C@@]2(O)[C@@H]2OC[C@@H](O)[C@H](O)[C@H]2O)[C@H](O)[C@@H](O)[C@@H]1O. The monoisotopic (exact) mass is 458 g/mol. The molecule has 3 saturated heterocycles. The Hall–Kier alpha value is -0.560. The highest BCUT2D eigenvalue weighted by Gasteiger charge is 2.72. The maximum atomic E-state index is 11.6. The third kappa shape index (κ3) is 3.70. The summed E-state index contributed by atoms with van der Waals surface area (Å²) in [5.41, 5.74) is -5.88. The summed E-state index contributed by atoms with van der Waals surface area (Å²) in [5, 5.41) is 114. The van der Waals surface area contributed by atoms with Gasteiger partial charge in [0, 0.05) is 0 Å². The van der Waals surface area contributed by atoms with Crippen LogP contribution in [0.5, 0.6) is 0 Å². The molecular weight excluding hydrogens is 428 g/mol. The molecule has 182 valence electrons. The van der Waals surface area contributed by atoms with E-state index in [4.69, 9.17) is 14.2 Å². The molecule has 0 unspecified atom stereocenters. The lowest BCUT2D eigenvalue weighted by molar-refractivity contribution is -0.386. The van der Waals surface area contributed by atoms with Gasteiger partial charge in [-0.05, 0) is 0 Å². The third-order valence-corrected chi connectivity index (χ3v) is 6.49. The summed E-state index contributed by atoms with van der Waals surface area (Å²) < 4.78 is 15.8. The Labute approximate surface area is 176 Å². The maximum absolute atomic E-state index is 11.6. The van der Waals surface area contributed by atoms with Gasteiger partial charge in [0.05, 0.1) is 26.4 Å². The molecule has 3 aliphatic rings. The van der Waals surface area contributed by atoms with E-state index in [1.165, 1.54) is 0 Å². The Kier molecular flexibility index (Phi) is 7.28. The molecule has 0 aromatic heterocycles. The molecule has 0 aromatic rings. The van der Waals surface area contributed by atoms with E-state index in [-0.39, 0.29) is 0 Å². The molecule has 31 heavy (non-hydrogen) atoms. The van der Waals surface area contributed by atoms with Crippen LogP contribution in [-0.4, -0.2) is 161 Å². The van der Waals surface area contributed by atoms with E-state index in [0.717, 1.165) is 0 Å². The summed E-state index contributed by atoms with van der Waals surface area (Å²) in [4.78, 5) is 0. The molecule has 14 heteroatoms. The van der Waals surface area contributed by atoms with Crippen LogP contribution in [0.15, 0.2) is 0 Å². The van der Waals surface area contributed by atoms with Crippen molar-refractivity contribution in [2.24, 2.45) is 0 Å². The lowest BCUT2D eigenvalue weighted by Gasteiger charge is -2.60. The van der Waals surface area contributed by atoms with Gasteiger partial charge in [-0.3, -0.25) is 0 Å². The molecule has 0 aromatic carbocycles. The number of rotatable bonds is 4. The van der Waals surface area contributed by atoms with Crippen molar-refractivity contribution in [2.75, 3.05) is 26.4 Å². The summed E-state index contributed by atoms with van der Waals surface area (Å²) in [6.07, 6.45) is -20.6. The average Bonchev–Trinajstić information content (AvgIpc) is 2.74. The van der Waals surface area contributed by atoms with Gasteiger partial charge in [0.1, 0.15) is 67.1 Å². The first-order valence-corrected chi connectivity index (χ1v) is 9.77. The molecule has 0 aliphatic carbocycles. The highest BCUT2D eigenvalue weighted by molar-refractivity contribution is 5.21. The van der Waals surface area contributed by atoms with Crippen LogP contribution in [0, 0.1) is 0 Å². The van der Waals surface area contributed by atoms with Crippen molar-refractivity contribution in [3.8, 4) is 0 Å². The van der Waals surface area contributed by atoms with Crippen LogP contribution in [0.3, 0.4) is 0 Å². The minimum atomic E-state index is -3.04. The highest BCUT2D eigenvalue weighted by Crippen LogP contribution is 2.46. The van der Waals surface area contributed by atoms with Crippen LogP contribution in [0.25, 0.3) is 0 Å². The quantitative estimate of drug-likeness (QED) is 0.187. The molecule has 14 nitrogen and oxygen atoms in total. The van der Waals surface area contributed by atoms with Gasteiger partial charge >= 0.3 is 0 Å². The normalized spacial score (nSPS) is 56.4. The van der Waals surface area contributed by atoms with Gasteiger partial charge in [-0.15, -0.1) is 0 Å². The summed E-state index contributed by atoms with van der Waals surface area (Å²) in [5.74, 6) is 0. The van der Waals surface area contributed by atoms with Gasteiger partial charge < -0.3 is 70.4 Å². The first-order chi connectivity index (χ1) is 14.4. The second-order valence-corrected chi connectivity index (χ2v) is 8.28. The number of aliphatic hydroxyl groups excluding tert-OH is 9. The highest BCUT2D eigenvalue weighted by atomic mass is 16.6. The van der Waals surface area contributed by atoms with E-state index in [1.807, 2.05) is 0 Å². The van der Waals surface area contributed by atoms with Crippen LogP contribution in [-0.2, 0) is 14.2 Å². The van der Waals surface area contributed by atoms with Gasteiger partial charge in [-0.2, -0.15) is 0 Å². The Bertz CT molecular complexity index is 622. The van der Waals surface area contributed by atoms with Crippen LogP contribution in [0.2, 0.25) is 0 Å². The molecule has 0 radical (unpaired) electrons. The van der Waals surface area contributed by atoms with Gasteiger partial charge in [0.25, 0.3) is 0 Å². The second-order valence-electron chi connectivity index (χ2n) is 8.28. The smallest absolute Gasteiger partial charge is 0.155 e. The van der Waals surface area contributed by atoms with E-state index in [2.05, 4.69) is 0 Å². The Morgan fingerprint density at radius 2 is 1.26 bits per heavy atom. The van der Waals surface area contributed by atoms with Crippen LogP contribution in [0.1, 0.15) is 0 Å². The van der Waals surface area contributed by atoms with E-state index in [0.29, 0.717) is 0 Å². The summed E-state index contributed by atoms with van der Waals surface area (Å²) >= 11 is 0. The number of aliphatic hydroxyl groups is 11. The fraction of sp³-hybridized carbons (Fsp3) is 1.00. The molecule has 11 N–H and O–H groups in total.